The van der Waals surface area contributed by atoms with Gasteiger partial charge in [0.05, 0.1) is 7.05 Å². The Labute approximate surface area is 156 Å². The molecule has 3 heteroatoms. The first-order valence-electron chi connectivity index (χ1n) is 9.79. The van der Waals surface area contributed by atoms with Crippen LogP contribution < -0.4 is 21.5 Å². The number of imidazole rings is 1. The molecule has 1 aromatic rings. The predicted octanol–water partition coefficient (Wildman–Crippen LogP) is 3.33. The largest absolute Gasteiger partial charge is 1.00 e. The first-order valence-corrected chi connectivity index (χ1v) is 9.79. The smallest absolute Gasteiger partial charge is 0.241 e. The summed E-state index contributed by atoms with van der Waals surface area (Å²) in [6.45, 7) is 4.58. The van der Waals surface area contributed by atoms with Gasteiger partial charge in [-0.3, -0.25) is 4.98 Å². The zero-order valence-electron chi connectivity index (χ0n) is 16.0. The second-order valence-electron chi connectivity index (χ2n) is 6.52. The van der Waals surface area contributed by atoms with Gasteiger partial charge in [0.2, 0.25) is 6.33 Å². The summed E-state index contributed by atoms with van der Waals surface area (Å²) in [6, 6.07) is 0. The molecule has 0 fully saturated rings. The summed E-state index contributed by atoms with van der Waals surface area (Å²) < 4.78 is 1.94. The Morgan fingerprint density at radius 2 is 1.00 bits per heavy atom. The lowest BCUT2D eigenvalue weighted by atomic mass is 10.0. The van der Waals surface area contributed by atoms with Crippen molar-refractivity contribution in [3.05, 3.63) is 18.7 Å². The number of hydrogen-bond donors (Lipinski definition) is 1. The van der Waals surface area contributed by atoms with Crippen molar-refractivity contribution in [2.75, 3.05) is 0 Å². The molecule has 0 aromatic carbocycles. The van der Waals surface area contributed by atoms with Crippen molar-refractivity contribution in [2.24, 2.45) is 7.05 Å². The molecule has 138 valence electrons. The Kier molecular flexibility index (Phi) is 23.5. The van der Waals surface area contributed by atoms with Crippen LogP contribution in [0, 0.1) is 0 Å². The highest BCUT2D eigenvalue weighted by Crippen LogP contribution is 2.12. The van der Waals surface area contributed by atoms with E-state index in [9.17, 15) is 0 Å². The maximum absolute atomic E-state index is 2.89. The fourth-order valence-electron chi connectivity index (χ4n) is 2.63. The lowest BCUT2D eigenvalue weighted by Crippen LogP contribution is -3.00. The Morgan fingerprint density at radius 1 is 0.652 bits per heavy atom. The molecule has 0 radical (unpaired) electrons. The van der Waals surface area contributed by atoms with Crippen LogP contribution in [0.15, 0.2) is 18.7 Å². The molecule has 0 aliphatic heterocycles. The number of halogens is 1. The number of hydrogen-bond acceptors (Lipinski definition) is 0. The van der Waals surface area contributed by atoms with Crippen LogP contribution >= 0.6 is 0 Å². The molecule has 1 N–H and O–H groups in total. The minimum absolute atomic E-state index is 0. The zero-order chi connectivity index (χ0) is 16.3. The second kappa shape index (κ2) is 21.7. The quantitative estimate of drug-likeness (QED) is 0.394. The SMILES string of the molecule is CCCCCCCCCCCCCCCC.C[n+]1cc[nH]c1.[Br-]. The summed E-state index contributed by atoms with van der Waals surface area (Å²) in [6.07, 6.45) is 26.1. The molecule has 0 amide bonds. The summed E-state index contributed by atoms with van der Waals surface area (Å²) >= 11 is 0. The Balaban J connectivity index is 0. The molecule has 23 heavy (non-hydrogen) atoms. The minimum Gasteiger partial charge on any atom is -1.00 e. The third-order valence-electron chi connectivity index (χ3n) is 4.14. The molecule has 1 rings (SSSR count). The van der Waals surface area contributed by atoms with Gasteiger partial charge in [0.15, 0.2) is 0 Å². The summed E-state index contributed by atoms with van der Waals surface area (Å²) in [5.74, 6) is 0. The molecule has 0 atom stereocenters. The first kappa shape index (κ1) is 24.9. The monoisotopic (exact) mass is 388 g/mol. The maximum atomic E-state index is 2.89. The highest BCUT2D eigenvalue weighted by Gasteiger charge is 1.92. The van der Waals surface area contributed by atoms with Crippen molar-refractivity contribution in [1.82, 2.24) is 4.98 Å². The average Bonchev–Trinajstić information content (AvgIpc) is 3.00. The van der Waals surface area contributed by atoms with E-state index in [-0.39, 0.29) is 17.0 Å². The molecular formula is C20H41BrN2. The summed E-state index contributed by atoms with van der Waals surface area (Å²) in [5.41, 5.74) is 0. The van der Waals surface area contributed by atoms with Crippen LogP contribution in [0.2, 0.25) is 0 Å². The number of rotatable bonds is 13. The van der Waals surface area contributed by atoms with E-state index >= 15 is 0 Å². The normalized spacial score (nSPS) is 9.87. The van der Waals surface area contributed by atoms with Gasteiger partial charge in [0.1, 0.15) is 12.4 Å². The van der Waals surface area contributed by atoms with Crippen LogP contribution in [0.4, 0.5) is 0 Å². The molecule has 1 aromatic heterocycles. The number of nitrogens with zero attached hydrogens (tertiary/aromatic N) is 1. The average molecular weight is 389 g/mol. The van der Waals surface area contributed by atoms with Crippen molar-refractivity contribution in [3.63, 3.8) is 0 Å². The minimum atomic E-state index is 0. The van der Waals surface area contributed by atoms with Crippen LogP contribution in [-0.2, 0) is 7.05 Å². The van der Waals surface area contributed by atoms with Crippen LogP contribution in [0.3, 0.4) is 0 Å². The standard InChI is InChI=1S/C16H34.C4H6N2.BrH/c1-3-5-7-9-11-13-15-16-14-12-10-8-6-4-2;1-6-3-2-5-4-6;/h3-16H2,1-2H3;2-4H,1H3;1H. The number of aryl methyl sites for hydroxylation is 1. The molecule has 2 nitrogen and oxygen atoms in total. The maximum Gasteiger partial charge on any atom is 0.241 e. The Hall–Kier alpha value is -0.310. The van der Waals surface area contributed by atoms with Gasteiger partial charge in [-0.15, -0.1) is 0 Å². The van der Waals surface area contributed by atoms with Crippen LogP contribution in [0.25, 0.3) is 0 Å². The fraction of sp³-hybridized carbons (Fsp3) is 0.850. The van der Waals surface area contributed by atoms with Crippen molar-refractivity contribution in [3.8, 4) is 0 Å². The molecule has 0 aliphatic rings. The summed E-state index contributed by atoms with van der Waals surface area (Å²) in [7, 11) is 1.97. The van der Waals surface area contributed by atoms with E-state index < -0.39 is 0 Å². The van der Waals surface area contributed by atoms with E-state index in [1.54, 1.807) is 0 Å². The fourth-order valence-corrected chi connectivity index (χ4v) is 2.63. The highest BCUT2D eigenvalue weighted by atomic mass is 79.9. The molecule has 0 aliphatic carbocycles. The third kappa shape index (κ3) is 21.7. The van der Waals surface area contributed by atoms with Crippen LogP contribution in [0.5, 0.6) is 0 Å². The van der Waals surface area contributed by atoms with Gasteiger partial charge in [-0.05, 0) is 0 Å². The third-order valence-corrected chi connectivity index (χ3v) is 4.14. The van der Waals surface area contributed by atoms with E-state index in [1.807, 2.05) is 30.3 Å². The van der Waals surface area contributed by atoms with Crippen molar-refractivity contribution in [2.45, 2.75) is 104 Å². The lowest BCUT2D eigenvalue weighted by molar-refractivity contribution is -0.670. The molecule has 0 bridgehead atoms. The topological polar surface area (TPSA) is 19.7 Å². The first-order chi connectivity index (χ1) is 10.8. The predicted molar refractivity (Wildman–Crippen MR) is 98.0 cm³/mol. The molecule has 0 spiro atoms. The number of nitrogens with one attached hydrogen (secondary N) is 1. The summed E-state index contributed by atoms with van der Waals surface area (Å²) in [5, 5.41) is 0. The van der Waals surface area contributed by atoms with E-state index in [0.717, 1.165) is 0 Å². The van der Waals surface area contributed by atoms with Crippen molar-refractivity contribution < 1.29 is 21.5 Å². The van der Waals surface area contributed by atoms with Crippen molar-refractivity contribution >= 4 is 0 Å². The zero-order valence-corrected chi connectivity index (χ0v) is 17.5. The van der Waals surface area contributed by atoms with Gasteiger partial charge in [0, 0.05) is 0 Å². The van der Waals surface area contributed by atoms with Gasteiger partial charge in [-0.25, -0.2) is 4.57 Å². The van der Waals surface area contributed by atoms with Crippen molar-refractivity contribution in [1.29, 1.82) is 0 Å². The van der Waals surface area contributed by atoms with E-state index in [1.165, 1.54) is 89.9 Å². The molecule has 0 saturated carbocycles. The highest BCUT2D eigenvalue weighted by molar-refractivity contribution is 4.54. The number of unbranched alkanes of at least 4 members (excludes halogenated alkanes) is 13. The lowest BCUT2D eigenvalue weighted by Gasteiger charge is -2.02. The molecular weight excluding hydrogens is 348 g/mol. The number of aromatic amines is 1. The number of H-pyrrole nitrogens is 1. The van der Waals surface area contributed by atoms with E-state index in [4.69, 9.17) is 0 Å². The van der Waals surface area contributed by atoms with Gasteiger partial charge in [-0.1, -0.05) is 104 Å². The Bertz CT molecular complexity index is 272. The Morgan fingerprint density at radius 3 is 1.17 bits per heavy atom. The van der Waals surface area contributed by atoms with Gasteiger partial charge in [-0.2, -0.15) is 0 Å². The van der Waals surface area contributed by atoms with Crippen LogP contribution in [-0.4, -0.2) is 4.98 Å². The number of aromatic nitrogens is 2. The molecule has 0 saturated heterocycles. The van der Waals surface area contributed by atoms with Gasteiger partial charge < -0.3 is 17.0 Å². The summed E-state index contributed by atoms with van der Waals surface area (Å²) in [4.78, 5) is 2.89. The van der Waals surface area contributed by atoms with Gasteiger partial charge >= 0.3 is 0 Å². The molecule has 1 heterocycles. The van der Waals surface area contributed by atoms with E-state index in [2.05, 4.69) is 18.8 Å². The van der Waals surface area contributed by atoms with E-state index in [0.29, 0.717) is 0 Å². The van der Waals surface area contributed by atoms with Crippen LogP contribution in [0.1, 0.15) is 104 Å². The molecule has 0 unspecified atom stereocenters. The van der Waals surface area contributed by atoms with Gasteiger partial charge in [0.25, 0.3) is 0 Å². The second-order valence-corrected chi connectivity index (χ2v) is 6.52.